The second-order valence-corrected chi connectivity index (χ2v) is 5.80. The van der Waals surface area contributed by atoms with E-state index >= 15 is 0 Å². The Morgan fingerprint density at radius 2 is 2.22 bits per heavy atom. The molecule has 0 fully saturated rings. The number of aliphatic hydroxyl groups excluding tert-OH is 1. The first-order chi connectivity index (χ1) is 11.0. The molecule has 0 spiro atoms. The number of halogens is 2. The molecule has 0 aliphatic carbocycles. The van der Waals surface area contributed by atoms with Crippen molar-refractivity contribution in [1.29, 1.82) is 0 Å². The van der Waals surface area contributed by atoms with E-state index < -0.39 is 5.82 Å². The van der Waals surface area contributed by atoms with Crippen LogP contribution < -0.4 is 5.32 Å². The summed E-state index contributed by atoms with van der Waals surface area (Å²) in [5.41, 5.74) is 1.60. The topological polar surface area (TPSA) is 62.2 Å². The van der Waals surface area contributed by atoms with E-state index in [1.54, 1.807) is 37.5 Å². The lowest BCUT2D eigenvalue weighted by Crippen LogP contribution is -2.32. The minimum absolute atomic E-state index is 0.0960. The first-order valence-electron chi connectivity index (χ1n) is 7.25. The van der Waals surface area contributed by atoms with Crippen molar-refractivity contribution in [2.24, 2.45) is 5.92 Å². The zero-order valence-corrected chi connectivity index (χ0v) is 13.5. The summed E-state index contributed by atoms with van der Waals surface area (Å²) in [6.07, 6.45) is 3.68. The smallest absolute Gasteiger partial charge is 0.251 e. The minimum atomic E-state index is -0.417. The van der Waals surface area contributed by atoms with Crippen molar-refractivity contribution in [1.82, 2.24) is 10.3 Å². The van der Waals surface area contributed by atoms with Gasteiger partial charge in [0.05, 0.1) is 5.02 Å². The van der Waals surface area contributed by atoms with Crippen LogP contribution in [0.4, 0.5) is 4.39 Å². The molecule has 0 aliphatic heterocycles. The summed E-state index contributed by atoms with van der Waals surface area (Å²) in [4.78, 5) is 16.0. The molecule has 6 heteroatoms. The minimum Gasteiger partial charge on any atom is -0.396 e. The highest BCUT2D eigenvalue weighted by Crippen LogP contribution is 2.17. The number of aliphatic hydroxyl groups is 1. The number of benzene rings is 1. The molecule has 2 N–H and O–H groups in total. The van der Waals surface area contributed by atoms with E-state index in [1.165, 1.54) is 6.07 Å². The zero-order chi connectivity index (χ0) is 16.8. The van der Waals surface area contributed by atoms with Crippen molar-refractivity contribution in [2.45, 2.75) is 13.3 Å². The van der Waals surface area contributed by atoms with Crippen LogP contribution in [0.25, 0.3) is 0 Å². The standard InChI is InChI=1S/C17H18ClFN2O2/c1-11-2-3-14(7-16(11)19)17(23)21-8-12(10-22)6-13-4-5-20-9-15(13)18/h2-5,7,9,12,22H,6,8,10H2,1H3,(H,21,23)/t12-/m1/s1. The molecular formula is C17H18ClFN2O2. The van der Waals surface area contributed by atoms with Gasteiger partial charge >= 0.3 is 0 Å². The van der Waals surface area contributed by atoms with Crippen molar-refractivity contribution in [2.75, 3.05) is 13.2 Å². The van der Waals surface area contributed by atoms with E-state index in [-0.39, 0.29) is 30.5 Å². The second-order valence-electron chi connectivity index (χ2n) is 5.39. The summed E-state index contributed by atoms with van der Waals surface area (Å²) in [6.45, 7) is 1.81. The number of rotatable bonds is 6. The van der Waals surface area contributed by atoms with Gasteiger partial charge in [0.25, 0.3) is 5.91 Å². The van der Waals surface area contributed by atoms with Crippen LogP contribution in [0.1, 0.15) is 21.5 Å². The van der Waals surface area contributed by atoms with Gasteiger partial charge in [-0.3, -0.25) is 9.78 Å². The third-order valence-corrected chi connectivity index (χ3v) is 3.95. The molecule has 0 radical (unpaired) electrons. The molecule has 1 amide bonds. The molecule has 23 heavy (non-hydrogen) atoms. The van der Waals surface area contributed by atoms with Gasteiger partial charge in [0.1, 0.15) is 5.82 Å². The lowest BCUT2D eigenvalue weighted by Gasteiger charge is -2.16. The highest BCUT2D eigenvalue weighted by atomic mass is 35.5. The lowest BCUT2D eigenvalue weighted by atomic mass is 10.0. The molecular weight excluding hydrogens is 319 g/mol. The fourth-order valence-corrected chi connectivity index (χ4v) is 2.35. The van der Waals surface area contributed by atoms with Gasteiger partial charge in [-0.1, -0.05) is 17.7 Å². The molecule has 2 aromatic rings. The van der Waals surface area contributed by atoms with Gasteiger partial charge in [-0.25, -0.2) is 4.39 Å². The summed E-state index contributed by atoms with van der Waals surface area (Å²) >= 11 is 6.04. The highest BCUT2D eigenvalue weighted by Gasteiger charge is 2.14. The van der Waals surface area contributed by atoms with Crippen molar-refractivity contribution < 1.29 is 14.3 Å². The van der Waals surface area contributed by atoms with E-state index in [1.807, 2.05) is 0 Å². The fraction of sp³-hybridized carbons (Fsp3) is 0.294. The number of hydrogen-bond acceptors (Lipinski definition) is 3. The number of aromatic nitrogens is 1. The van der Waals surface area contributed by atoms with Crippen LogP contribution in [-0.2, 0) is 6.42 Å². The summed E-state index contributed by atoms with van der Waals surface area (Å²) < 4.78 is 13.5. The Kier molecular flexibility index (Phi) is 6.07. The molecule has 0 unspecified atom stereocenters. The summed E-state index contributed by atoms with van der Waals surface area (Å²) in [6, 6.07) is 6.12. The molecule has 1 heterocycles. The van der Waals surface area contributed by atoms with E-state index in [2.05, 4.69) is 10.3 Å². The maximum Gasteiger partial charge on any atom is 0.251 e. The first-order valence-corrected chi connectivity index (χ1v) is 7.62. The third kappa shape index (κ3) is 4.74. The number of nitrogens with one attached hydrogen (secondary N) is 1. The number of pyridine rings is 1. The van der Waals surface area contributed by atoms with Crippen LogP contribution in [0.15, 0.2) is 36.7 Å². The predicted molar refractivity (Wildman–Crippen MR) is 87.0 cm³/mol. The normalized spacial score (nSPS) is 12.0. The van der Waals surface area contributed by atoms with Gasteiger partial charge in [0.2, 0.25) is 0 Å². The van der Waals surface area contributed by atoms with E-state index in [9.17, 15) is 14.3 Å². The van der Waals surface area contributed by atoms with Crippen molar-refractivity contribution in [3.8, 4) is 0 Å². The summed E-state index contributed by atoms with van der Waals surface area (Å²) in [7, 11) is 0. The maximum absolute atomic E-state index is 13.5. The average Bonchev–Trinajstić information content (AvgIpc) is 2.55. The molecule has 0 bridgehead atoms. The van der Waals surface area contributed by atoms with Gasteiger partial charge in [0, 0.05) is 37.0 Å². The van der Waals surface area contributed by atoms with Crippen LogP contribution >= 0.6 is 11.6 Å². The predicted octanol–water partition coefficient (Wildman–Crippen LogP) is 2.76. The van der Waals surface area contributed by atoms with E-state index in [4.69, 9.17) is 11.6 Å². The molecule has 4 nitrogen and oxygen atoms in total. The Morgan fingerprint density at radius 3 is 2.87 bits per heavy atom. The van der Waals surface area contributed by atoms with Crippen LogP contribution in [0, 0.1) is 18.7 Å². The van der Waals surface area contributed by atoms with Crippen molar-refractivity contribution in [3.63, 3.8) is 0 Å². The highest BCUT2D eigenvalue weighted by molar-refractivity contribution is 6.31. The third-order valence-electron chi connectivity index (χ3n) is 3.61. The fourth-order valence-electron chi connectivity index (χ4n) is 2.16. The molecule has 0 saturated heterocycles. The number of carbonyl (C=O) groups excluding carboxylic acids is 1. The molecule has 122 valence electrons. The van der Waals surface area contributed by atoms with Crippen LogP contribution in [0.5, 0.6) is 0 Å². The molecule has 0 aliphatic rings. The lowest BCUT2D eigenvalue weighted by molar-refractivity contribution is 0.0939. The Balaban J connectivity index is 1.96. The number of aryl methyl sites for hydroxylation is 1. The average molecular weight is 337 g/mol. The van der Waals surface area contributed by atoms with Gasteiger partial charge in [-0.05, 0) is 42.7 Å². The van der Waals surface area contributed by atoms with Gasteiger partial charge < -0.3 is 10.4 Å². The Hall–Kier alpha value is -1.98. The quantitative estimate of drug-likeness (QED) is 0.852. The Bertz CT molecular complexity index is 694. The molecule has 2 rings (SSSR count). The SMILES string of the molecule is Cc1ccc(C(=O)NC[C@H](CO)Cc2ccncc2Cl)cc1F. The monoisotopic (exact) mass is 336 g/mol. The molecule has 1 aromatic heterocycles. The maximum atomic E-state index is 13.5. The second kappa shape index (κ2) is 8.04. The molecule has 1 atom stereocenters. The van der Waals surface area contributed by atoms with Crippen LogP contribution in [-0.4, -0.2) is 29.1 Å². The largest absolute Gasteiger partial charge is 0.396 e. The Labute approximate surface area is 139 Å². The van der Waals surface area contributed by atoms with Crippen LogP contribution in [0.2, 0.25) is 5.02 Å². The van der Waals surface area contributed by atoms with E-state index in [0.717, 1.165) is 5.56 Å². The van der Waals surface area contributed by atoms with E-state index in [0.29, 0.717) is 17.0 Å². The zero-order valence-electron chi connectivity index (χ0n) is 12.7. The van der Waals surface area contributed by atoms with Gasteiger partial charge in [-0.2, -0.15) is 0 Å². The summed E-state index contributed by atoms with van der Waals surface area (Å²) in [5.74, 6) is -0.975. The van der Waals surface area contributed by atoms with Gasteiger partial charge in [-0.15, -0.1) is 0 Å². The van der Waals surface area contributed by atoms with Crippen molar-refractivity contribution >= 4 is 17.5 Å². The molecule has 0 saturated carbocycles. The number of hydrogen-bond donors (Lipinski definition) is 2. The summed E-state index contributed by atoms with van der Waals surface area (Å²) in [5, 5.41) is 12.7. The number of nitrogens with zero attached hydrogens (tertiary/aromatic N) is 1. The first kappa shape index (κ1) is 17.4. The Morgan fingerprint density at radius 1 is 1.43 bits per heavy atom. The number of carbonyl (C=O) groups is 1. The number of amides is 1. The van der Waals surface area contributed by atoms with Crippen molar-refractivity contribution in [3.05, 3.63) is 64.2 Å². The molecule has 1 aromatic carbocycles. The van der Waals surface area contributed by atoms with Crippen LogP contribution in [0.3, 0.4) is 0 Å². The van der Waals surface area contributed by atoms with Gasteiger partial charge in [0.15, 0.2) is 0 Å².